The van der Waals surface area contributed by atoms with Crippen molar-refractivity contribution in [1.82, 2.24) is 10.2 Å². The van der Waals surface area contributed by atoms with Gasteiger partial charge in [-0.25, -0.2) is 4.79 Å². The number of carbonyl (C=O) groups excluding carboxylic acids is 2. The third kappa shape index (κ3) is 2.82. The van der Waals surface area contributed by atoms with Crippen LogP contribution in [0.1, 0.15) is 38.6 Å². The number of amides is 2. The Morgan fingerprint density at radius 2 is 2.00 bits per heavy atom. The number of nitrogens with zero attached hydrogens (tertiary/aromatic N) is 1. The first-order valence-corrected chi connectivity index (χ1v) is 7.22. The lowest BCUT2D eigenvalue weighted by Gasteiger charge is -2.34. The standard InChI is InChI=1S/C13H16N2O4S/c1-14-11(16)8-4-2-3-7-15(8)12(17)9-5-6-10(20-9)13(18)19/h5-6,8H,2-4,7H2,1H3,(H,14,16)(H,18,19)/t8-/m1/s1. The van der Waals surface area contributed by atoms with Gasteiger partial charge in [-0.2, -0.15) is 0 Å². The minimum atomic E-state index is -1.05. The van der Waals surface area contributed by atoms with Gasteiger partial charge in [-0.1, -0.05) is 0 Å². The molecule has 6 nitrogen and oxygen atoms in total. The first-order valence-electron chi connectivity index (χ1n) is 6.40. The van der Waals surface area contributed by atoms with Crippen molar-refractivity contribution >= 4 is 29.1 Å². The summed E-state index contributed by atoms with van der Waals surface area (Å²) < 4.78 is 0. The number of likely N-dealkylation sites (tertiary alicyclic amines) is 1. The lowest BCUT2D eigenvalue weighted by molar-refractivity contribution is -0.126. The molecule has 108 valence electrons. The van der Waals surface area contributed by atoms with Crippen molar-refractivity contribution in [2.45, 2.75) is 25.3 Å². The van der Waals surface area contributed by atoms with Crippen LogP contribution in [-0.4, -0.2) is 47.4 Å². The lowest BCUT2D eigenvalue weighted by Crippen LogP contribution is -2.51. The van der Waals surface area contributed by atoms with Crippen LogP contribution in [0.3, 0.4) is 0 Å². The second kappa shape index (κ2) is 6.04. The number of nitrogens with one attached hydrogen (secondary N) is 1. The molecule has 0 spiro atoms. The van der Waals surface area contributed by atoms with Crippen LogP contribution >= 0.6 is 11.3 Å². The Morgan fingerprint density at radius 3 is 2.60 bits per heavy atom. The number of carboxylic acids is 1. The molecule has 20 heavy (non-hydrogen) atoms. The largest absolute Gasteiger partial charge is 0.477 e. The smallest absolute Gasteiger partial charge is 0.345 e. The molecule has 2 rings (SSSR count). The third-order valence-corrected chi connectivity index (χ3v) is 4.40. The summed E-state index contributed by atoms with van der Waals surface area (Å²) in [7, 11) is 1.55. The average Bonchev–Trinajstić information content (AvgIpc) is 2.95. The molecular weight excluding hydrogens is 280 g/mol. The third-order valence-electron chi connectivity index (χ3n) is 3.34. The first-order chi connectivity index (χ1) is 9.54. The molecule has 2 N–H and O–H groups in total. The number of piperidine rings is 1. The Balaban J connectivity index is 2.20. The van der Waals surface area contributed by atoms with Crippen LogP contribution in [0.25, 0.3) is 0 Å². The minimum Gasteiger partial charge on any atom is -0.477 e. The van der Waals surface area contributed by atoms with Crippen LogP contribution in [0.5, 0.6) is 0 Å². The molecule has 0 saturated carbocycles. The summed E-state index contributed by atoms with van der Waals surface area (Å²) in [4.78, 5) is 37.1. The van der Waals surface area contributed by atoms with Gasteiger partial charge in [-0.15, -0.1) is 11.3 Å². The second-order valence-corrected chi connectivity index (χ2v) is 5.68. The zero-order chi connectivity index (χ0) is 14.7. The molecule has 7 heteroatoms. The SMILES string of the molecule is CNC(=O)[C@H]1CCCCN1C(=O)c1ccc(C(=O)O)s1. The van der Waals surface area contributed by atoms with Gasteiger partial charge in [-0.3, -0.25) is 9.59 Å². The number of thiophene rings is 1. The van der Waals surface area contributed by atoms with Crippen LogP contribution in [-0.2, 0) is 4.79 Å². The Bertz CT molecular complexity index is 540. The van der Waals surface area contributed by atoms with Gasteiger partial charge in [0.25, 0.3) is 5.91 Å². The van der Waals surface area contributed by atoms with Gasteiger partial charge >= 0.3 is 5.97 Å². The lowest BCUT2D eigenvalue weighted by atomic mass is 10.0. The highest BCUT2D eigenvalue weighted by Gasteiger charge is 2.32. The number of hydrogen-bond acceptors (Lipinski definition) is 4. The minimum absolute atomic E-state index is 0.127. The van der Waals surface area contributed by atoms with Crippen molar-refractivity contribution in [3.05, 3.63) is 21.9 Å². The summed E-state index contributed by atoms with van der Waals surface area (Å²) in [5.41, 5.74) is 0. The fourth-order valence-corrected chi connectivity index (χ4v) is 3.12. The molecule has 1 aliphatic rings. The molecule has 0 radical (unpaired) electrons. The van der Waals surface area contributed by atoms with Gasteiger partial charge < -0.3 is 15.3 Å². The summed E-state index contributed by atoms with van der Waals surface area (Å²) in [6.07, 6.45) is 2.41. The summed E-state index contributed by atoms with van der Waals surface area (Å²) >= 11 is 0.942. The maximum Gasteiger partial charge on any atom is 0.345 e. The van der Waals surface area contributed by atoms with Crippen molar-refractivity contribution in [2.75, 3.05) is 13.6 Å². The summed E-state index contributed by atoms with van der Waals surface area (Å²) in [6, 6.07) is 2.46. The van der Waals surface area contributed by atoms with E-state index in [1.165, 1.54) is 12.1 Å². The van der Waals surface area contributed by atoms with E-state index < -0.39 is 12.0 Å². The Labute approximate surface area is 120 Å². The molecule has 1 aliphatic heterocycles. The fourth-order valence-electron chi connectivity index (χ4n) is 2.32. The molecule has 1 saturated heterocycles. The van der Waals surface area contributed by atoms with E-state index in [0.717, 1.165) is 24.2 Å². The van der Waals surface area contributed by atoms with Crippen molar-refractivity contribution in [1.29, 1.82) is 0 Å². The zero-order valence-electron chi connectivity index (χ0n) is 11.1. The molecular formula is C13H16N2O4S. The molecule has 0 unspecified atom stereocenters. The van der Waals surface area contributed by atoms with E-state index in [1.807, 2.05) is 0 Å². The topological polar surface area (TPSA) is 86.7 Å². The van der Waals surface area contributed by atoms with E-state index in [0.29, 0.717) is 17.8 Å². The quantitative estimate of drug-likeness (QED) is 0.877. The maximum atomic E-state index is 12.4. The maximum absolute atomic E-state index is 12.4. The number of hydrogen-bond donors (Lipinski definition) is 2. The normalized spacial score (nSPS) is 18.6. The molecule has 2 heterocycles. The van der Waals surface area contributed by atoms with Crippen LogP contribution in [0.4, 0.5) is 0 Å². The predicted molar refractivity (Wildman–Crippen MR) is 74.0 cm³/mol. The van der Waals surface area contributed by atoms with Gasteiger partial charge in [0.15, 0.2) is 0 Å². The summed E-state index contributed by atoms with van der Waals surface area (Å²) in [6.45, 7) is 0.525. The van der Waals surface area contributed by atoms with Gasteiger partial charge in [0.2, 0.25) is 5.91 Å². The number of carbonyl (C=O) groups is 3. The van der Waals surface area contributed by atoms with E-state index in [9.17, 15) is 14.4 Å². The highest BCUT2D eigenvalue weighted by Crippen LogP contribution is 2.24. The highest BCUT2D eigenvalue weighted by atomic mass is 32.1. The van der Waals surface area contributed by atoms with Crippen LogP contribution in [0.2, 0.25) is 0 Å². The molecule has 1 aromatic heterocycles. The van der Waals surface area contributed by atoms with Crippen LogP contribution < -0.4 is 5.32 Å². The Morgan fingerprint density at radius 1 is 1.30 bits per heavy atom. The van der Waals surface area contributed by atoms with E-state index in [1.54, 1.807) is 11.9 Å². The number of carboxylic acid groups (broad SMARTS) is 1. The number of likely N-dealkylation sites (N-methyl/N-ethyl adjacent to an activating group) is 1. The predicted octanol–water partition coefficient (Wildman–Crippen LogP) is 1.19. The summed E-state index contributed by atoms with van der Waals surface area (Å²) in [5, 5.41) is 11.5. The molecule has 2 amide bonds. The highest BCUT2D eigenvalue weighted by molar-refractivity contribution is 7.15. The average molecular weight is 296 g/mol. The molecule has 1 aromatic rings. The number of rotatable bonds is 3. The zero-order valence-corrected chi connectivity index (χ0v) is 11.9. The van der Waals surface area contributed by atoms with Gasteiger partial charge in [-0.05, 0) is 31.4 Å². The van der Waals surface area contributed by atoms with Crippen molar-refractivity contribution in [3.63, 3.8) is 0 Å². The first kappa shape index (κ1) is 14.5. The van der Waals surface area contributed by atoms with Crippen molar-refractivity contribution in [2.24, 2.45) is 0 Å². The fraction of sp³-hybridized carbons (Fsp3) is 0.462. The van der Waals surface area contributed by atoms with Crippen molar-refractivity contribution < 1.29 is 19.5 Å². The summed E-state index contributed by atoms with van der Waals surface area (Å²) in [5.74, 6) is -1.49. The van der Waals surface area contributed by atoms with E-state index in [-0.39, 0.29) is 16.7 Å². The van der Waals surface area contributed by atoms with Crippen molar-refractivity contribution in [3.8, 4) is 0 Å². The molecule has 1 fully saturated rings. The molecule has 1 atom stereocenters. The Kier molecular flexibility index (Phi) is 4.39. The Hall–Kier alpha value is -1.89. The van der Waals surface area contributed by atoms with E-state index >= 15 is 0 Å². The monoisotopic (exact) mass is 296 g/mol. The second-order valence-electron chi connectivity index (χ2n) is 4.59. The van der Waals surface area contributed by atoms with Crippen LogP contribution in [0.15, 0.2) is 12.1 Å². The van der Waals surface area contributed by atoms with Gasteiger partial charge in [0, 0.05) is 13.6 Å². The van der Waals surface area contributed by atoms with Gasteiger partial charge in [0.05, 0.1) is 4.88 Å². The van der Waals surface area contributed by atoms with E-state index in [2.05, 4.69) is 5.32 Å². The van der Waals surface area contributed by atoms with E-state index in [4.69, 9.17) is 5.11 Å². The molecule has 0 bridgehead atoms. The number of aromatic carboxylic acids is 1. The van der Waals surface area contributed by atoms with Crippen LogP contribution in [0, 0.1) is 0 Å². The molecule has 0 aromatic carbocycles. The van der Waals surface area contributed by atoms with Gasteiger partial charge in [0.1, 0.15) is 10.9 Å². The molecule has 0 aliphatic carbocycles.